The van der Waals surface area contributed by atoms with Gasteiger partial charge >= 0.3 is 5.97 Å². The minimum Gasteiger partial charge on any atom is -0.494 e. The summed E-state index contributed by atoms with van der Waals surface area (Å²) in [6.45, 7) is 2.91. The SMILES string of the molecule is CCOC(=O)CC1(O)CCCC(C=CC(O)CCCCCCCCCCOc2ccccc2)C1. The summed E-state index contributed by atoms with van der Waals surface area (Å²) in [6.07, 6.45) is 17.0. The average molecular weight is 475 g/mol. The molecule has 5 nitrogen and oxygen atoms in total. The predicted molar refractivity (Wildman–Crippen MR) is 137 cm³/mol. The first-order chi connectivity index (χ1) is 16.5. The van der Waals surface area contributed by atoms with Crippen LogP contribution in [0.4, 0.5) is 0 Å². The van der Waals surface area contributed by atoms with E-state index in [1.165, 1.54) is 32.1 Å². The molecule has 0 spiro atoms. The Morgan fingerprint density at radius 3 is 2.47 bits per heavy atom. The maximum atomic E-state index is 11.8. The largest absolute Gasteiger partial charge is 0.494 e. The van der Waals surface area contributed by atoms with E-state index in [1.807, 2.05) is 42.5 Å². The lowest BCUT2D eigenvalue weighted by Gasteiger charge is -2.35. The molecule has 3 unspecified atom stereocenters. The van der Waals surface area contributed by atoms with Gasteiger partial charge in [0.1, 0.15) is 5.75 Å². The lowest BCUT2D eigenvalue weighted by Crippen LogP contribution is -2.37. The zero-order valence-electron chi connectivity index (χ0n) is 21.1. The minimum atomic E-state index is -0.973. The van der Waals surface area contributed by atoms with Crippen LogP contribution in [0.15, 0.2) is 42.5 Å². The number of aliphatic hydroxyl groups excluding tert-OH is 1. The van der Waals surface area contributed by atoms with Gasteiger partial charge in [0.05, 0.1) is 31.3 Å². The van der Waals surface area contributed by atoms with Gasteiger partial charge in [-0.1, -0.05) is 75.3 Å². The molecule has 0 saturated heterocycles. The number of aliphatic hydroxyl groups is 2. The summed E-state index contributed by atoms with van der Waals surface area (Å²) in [5.41, 5.74) is -0.973. The van der Waals surface area contributed by atoms with E-state index < -0.39 is 11.7 Å². The molecule has 1 fully saturated rings. The van der Waals surface area contributed by atoms with Crippen molar-refractivity contribution in [1.29, 1.82) is 0 Å². The number of benzene rings is 1. The second-order valence-corrected chi connectivity index (χ2v) is 9.79. The van der Waals surface area contributed by atoms with Crippen molar-refractivity contribution in [2.45, 2.75) is 109 Å². The van der Waals surface area contributed by atoms with Crippen LogP contribution in [-0.2, 0) is 9.53 Å². The first-order valence-electron chi connectivity index (χ1n) is 13.4. The summed E-state index contributed by atoms with van der Waals surface area (Å²) in [5.74, 6) is 0.835. The molecule has 5 heteroatoms. The monoisotopic (exact) mass is 474 g/mol. The van der Waals surface area contributed by atoms with Crippen molar-refractivity contribution in [2.75, 3.05) is 13.2 Å². The summed E-state index contributed by atoms with van der Waals surface area (Å²) in [7, 11) is 0. The van der Waals surface area contributed by atoms with Crippen LogP contribution in [0.1, 0.15) is 96.8 Å². The number of unbranched alkanes of at least 4 members (excludes halogenated alkanes) is 7. The molecular formula is C29H46O5. The fourth-order valence-electron chi connectivity index (χ4n) is 4.80. The Morgan fingerprint density at radius 2 is 1.76 bits per heavy atom. The van der Waals surface area contributed by atoms with Crippen molar-refractivity contribution in [3.05, 3.63) is 42.5 Å². The van der Waals surface area contributed by atoms with Crippen LogP contribution in [0.25, 0.3) is 0 Å². The summed E-state index contributed by atoms with van der Waals surface area (Å²) in [4.78, 5) is 11.8. The number of ether oxygens (including phenoxy) is 2. The van der Waals surface area contributed by atoms with Crippen molar-refractivity contribution >= 4 is 5.97 Å². The number of esters is 1. The first-order valence-corrected chi connectivity index (χ1v) is 13.4. The molecule has 0 aromatic heterocycles. The Hall–Kier alpha value is -1.85. The molecule has 0 heterocycles. The lowest BCUT2D eigenvalue weighted by atomic mass is 9.76. The summed E-state index contributed by atoms with van der Waals surface area (Å²) in [6, 6.07) is 9.99. The third-order valence-corrected chi connectivity index (χ3v) is 6.65. The summed E-state index contributed by atoms with van der Waals surface area (Å²) in [5, 5.41) is 21.0. The normalized spacial score (nSPS) is 21.4. The fraction of sp³-hybridized carbons (Fsp3) is 0.690. The van der Waals surface area contributed by atoms with E-state index in [1.54, 1.807) is 6.92 Å². The lowest BCUT2D eigenvalue weighted by molar-refractivity contribution is -0.150. The minimum absolute atomic E-state index is 0.0647. The quantitative estimate of drug-likeness (QED) is 0.156. The predicted octanol–water partition coefficient (Wildman–Crippen LogP) is 6.37. The van der Waals surface area contributed by atoms with Crippen LogP contribution in [-0.4, -0.2) is 41.1 Å². The number of rotatable bonds is 17. The van der Waals surface area contributed by atoms with Crippen molar-refractivity contribution in [3.8, 4) is 5.75 Å². The number of hydrogen-bond acceptors (Lipinski definition) is 5. The van der Waals surface area contributed by atoms with Gasteiger partial charge in [0.2, 0.25) is 0 Å². The van der Waals surface area contributed by atoms with E-state index in [0.717, 1.165) is 50.9 Å². The smallest absolute Gasteiger partial charge is 0.308 e. The van der Waals surface area contributed by atoms with Crippen LogP contribution >= 0.6 is 0 Å². The van der Waals surface area contributed by atoms with Gasteiger partial charge in [0.25, 0.3) is 0 Å². The van der Waals surface area contributed by atoms with E-state index in [0.29, 0.717) is 19.4 Å². The number of allylic oxidation sites excluding steroid dienone is 1. The third-order valence-electron chi connectivity index (χ3n) is 6.65. The highest BCUT2D eigenvalue weighted by Gasteiger charge is 2.35. The van der Waals surface area contributed by atoms with E-state index in [9.17, 15) is 15.0 Å². The van der Waals surface area contributed by atoms with Crippen LogP contribution < -0.4 is 4.74 Å². The van der Waals surface area contributed by atoms with E-state index >= 15 is 0 Å². The molecule has 2 N–H and O–H groups in total. The second kappa shape index (κ2) is 16.7. The molecule has 1 saturated carbocycles. The van der Waals surface area contributed by atoms with Crippen molar-refractivity contribution < 1.29 is 24.5 Å². The molecule has 0 radical (unpaired) electrons. The van der Waals surface area contributed by atoms with Gasteiger partial charge in [-0.3, -0.25) is 4.79 Å². The summed E-state index contributed by atoms with van der Waals surface area (Å²) < 4.78 is 10.7. The maximum Gasteiger partial charge on any atom is 0.308 e. The van der Waals surface area contributed by atoms with E-state index in [2.05, 4.69) is 0 Å². The second-order valence-electron chi connectivity index (χ2n) is 9.79. The van der Waals surface area contributed by atoms with Crippen molar-refractivity contribution in [1.82, 2.24) is 0 Å². The maximum absolute atomic E-state index is 11.8. The van der Waals surface area contributed by atoms with Gasteiger partial charge in [0, 0.05) is 0 Å². The molecule has 1 aliphatic carbocycles. The molecule has 2 rings (SSSR count). The highest BCUT2D eigenvalue weighted by molar-refractivity contribution is 5.70. The number of para-hydroxylation sites is 1. The number of carbonyl (C=O) groups is 1. The molecule has 3 atom stereocenters. The van der Waals surface area contributed by atoms with Crippen LogP contribution in [0.3, 0.4) is 0 Å². The van der Waals surface area contributed by atoms with E-state index in [-0.39, 0.29) is 18.3 Å². The molecular weight excluding hydrogens is 428 g/mol. The highest BCUT2D eigenvalue weighted by Crippen LogP contribution is 2.36. The van der Waals surface area contributed by atoms with Gasteiger partial charge < -0.3 is 19.7 Å². The average Bonchev–Trinajstić information content (AvgIpc) is 2.81. The van der Waals surface area contributed by atoms with Crippen molar-refractivity contribution in [3.63, 3.8) is 0 Å². The molecule has 1 aromatic rings. The Morgan fingerprint density at radius 1 is 1.09 bits per heavy atom. The van der Waals surface area contributed by atoms with Gasteiger partial charge in [-0.2, -0.15) is 0 Å². The summed E-state index contributed by atoms with van der Waals surface area (Å²) >= 11 is 0. The third kappa shape index (κ3) is 12.6. The molecule has 0 aliphatic heterocycles. The Bertz CT molecular complexity index is 689. The first kappa shape index (κ1) is 28.4. The van der Waals surface area contributed by atoms with Crippen LogP contribution in [0.5, 0.6) is 5.75 Å². The molecule has 0 amide bonds. The highest BCUT2D eigenvalue weighted by atomic mass is 16.5. The van der Waals surface area contributed by atoms with Crippen molar-refractivity contribution in [2.24, 2.45) is 5.92 Å². The van der Waals surface area contributed by atoms with Crippen LogP contribution in [0, 0.1) is 5.92 Å². The van der Waals surface area contributed by atoms with E-state index in [4.69, 9.17) is 9.47 Å². The van der Waals surface area contributed by atoms with Gasteiger partial charge in [-0.05, 0) is 63.5 Å². The van der Waals surface area contributed by atoms with Crippen LogP contribution in [0.2, 0.25) is 0 Å². The topological polar surface area (TPSA) is 76.0 Å². The molecule has 1 aliphatic rings. The van der Waals surface area contributed by atoms with Gasteiger partial charge in [-0.15, -0.1) is 0 Å². The Kier molecular flexibility index (Phi) is 14.0. The number of carbonyl (C=O) groups excluding carboxylic acids is 1. The fourth-order valence-corrected chi connectivity index (χ4v) is 4.80. The molecule has 34 heavy (non-hydrogen) atoms. The van der Waals surface area contributed by atoms with Gasteiger partial charge in [0.15, 0.2) is 0 Å². The molecule has 1 aromatic carbocycles. The zero-order valence-corrected chi connectivity index (χ0v) is 21.1. The standard InChI is InChI=1S/C29H46O5/c1-2-33-28(31)24-29(32)21-14-15-25(23-29)19-20-26(30)16-10-7-5-3-4-6-8-13-22-34-27-17-11-9-12-18-27/h9,11-12,17-20,25-26,30,32H,2-8,10,13-16,21-24H2,1H3. The molecule has 0 bridgehead atoms. The Labute approximate surface area is 206 Å². The molecule has 192 valence electrons. The Balaban J connectivity index is 1.45. The zero-order chi connectivity index (χ0) is 24.5. The number of hydrogen-bond donors (Lipinski definition) is 2. The van der Waals surface area contributed by atoms with Gasteiger partial charge in [-0.25, -0.2) is 0 Å².